The van der Waals surface area contributed by atoms with Gasteiger partial charge in [0.05, 0.1) is 12.2 Å². The van der Waals surface area contributed by atoms with Crippen molar-refractivity contribution >= 4 is 5.69 Å². The van der Waals surface area contributed by atoms with Gasteiger partial charge >= 0.3 is 0 Å². The SMILES string of the molecule is Cc1ccccc1N1Cc2ccccc2O1. The monoisotopic (exact) mass is 211 g/mol. The van der Waals surface area contributed by atoms with Gasteiger partial charge in [0.2, 0.25) is 0 Å². The van der Waals surface area contributed by atoms with Crippen molar-refractivity contribution in [2.24, 2.45) is 0 Å². The smallest absolute Gasteiger partial charge is 0.160 e. The van der Waals surface area contributed by atoms with Gasteiger partial charge in [-0.3, -0.25) is 0 Å². The Balaban J connectivity index is 1.95. The van der Waals surface area contributed by atoms with E-state index < -0.39 is 0 Å². The second kappa shape index (κ2) is 3.56. The fourth-order valence-corrected chi connectivity index (χ4v) is 2.01. The Morgan fingerprint density at radius 2 is 1.75 bits per heavy atom. The van der Waals surface area contributed by atoms with Gasteiger partial charge < -0.3 is 4.84 Å². The summed E-state index contributed by atoms with van der Waals surface area (Å²) in [6.07, 6.45) is 0. The van der Waals surface area contributed by atoms with Gasteiger partial charge in [0.15, 0.2) is 5.75 Å². The third-order valence-corrected chi connectivity index (χ3v) is 2.88. The van der Waals surface area contributed by atoms with E-state index >= 15 is 0 Å². The number of rotatable bonds is 1. The molecule has 0 aromatic heterocycles. The zero-order chi connectivity index (χ0) is 11.0. The molecule has 80 valence electrons. The van der Waals surface area contributed by atoms with Gasteiger partial charge in [0.1, 0.15) is 0 Å². The fourth-order valence-electron chi connectivity index (χ4n) is 2.01. The predicted molar refractivity (Wildman–Crippen MR) is 64.4 cm³/mol. The van der Waals surface area contributed by atoms with Crippen LogP contribution in [0.4, 0.5) is 5.69 Å². The normalized spacial score (nSPS) is 13.4. The fraction of sp³-hybridized carbons (Fsp3) is 0.143. The van der Waals surface area contributed by atoms with Crippen LogP contribution in [0.2, 0.25) is 0 Å². The van der Waals surface area contributed by atoms with E-state index in [9.17, 15) is 0 Å². The van der Waals surface area contributed by atoms with Crippen LogP contribution in [0.3, 0.4) is 0 Å². The highest BCUT2D eigenvalue weighted by Crippen LogP contribution is 2.32. The molecule has 0 unspecified atom stereocenters. The van der Waals surface area contributed by atoms with E-state index in [2.05, 4.69) is 25.1 Å². The van der Waals surface area contributed by atoms with Crippen molar-refractivity contribution in [3.05, 3.63) is 59.7 Å². The zero-order valence-corrected chi connectivity index (χ0v) is 9.18. The Morgan fingerprint density at radius 1 is 1.00 bits per heavy atom. The maximum absolute atomic E-state index is 5.81. The largest absolute Gasteiger partial charge is 0.379 e. The number of hydrogen-bond donors (Lipinski definition) is 0. The minimum Gasteiger partial charge on any atom is -0.379 e. The first-order valence-corrected chi connectivity index (χ1v) is 5.43. The lowest BCUT2D eigenvalue weighted by molar-refractivity contribution is 0.308. The number of hydrogen-bond acceptors (Lipinski definition) is 2. The molecule has 0 N–H and O–H groups in total. The molecule has 1 heterocycles. The van der Waals surface area contributed by atoms with Crippen LogP contribution in [0.5, 0.6) is 5.75 Å². The van der Waals surface area contributed by atoms with Crippen molar-refractivity contribution < 1.29 is 4.84 Å². The summed E-state index contributed by atoms with van der Waals surface area (Å²) in [4.78, 5) is 5.81. The van der Waals surface area contributed by atoms with E-state index in [0.29, 0.717) is 0 Å². The first kappa shape index (κ1) is 9.28. The van der Waals surface area contributed by atoms with Crippen molar-refractivity contribution in [3.63, 3.8) is 0 Å². The van der Waals surface area contributed by atoms with E-state index in [-0.39, 0.29) is 0 Å². The second-order valence-electron chi connectivity index (χ2n) is 4.02. The van der Waals surface area contributed by atoms with Crippen LogP contribution in [0, 0.1) is 6.92 Å². The third-order valence-electron chi connectivity index (χ3n) is 2.88. The summed E-state index contributed by atoms with van der Waals surface area (Å²) in [5, 5.41) is 1.94. The van der Waals surface area contributed by atoms with Crippen LogP contribution in [0.25, 0.3) is 0 Å². The molecule has 16 heavy (non-hydrogen) atoms. The zero-order valence-electron chi connectivity index (χ0n) is 9.18. The molecule has 0 atom stereocenters. The Labute approximate surface area is 95.0 Å². The third kappa shape index (κ3) is 1.43. The highest BCUT2D eigenvalue weighted by molar-refractivity contribution is 5.55. The van der Waals surface area contributed by atoms with E-state index in [4.69, 9.17) is 4.84 Å². The van der Waals surface area contributed by atoms with Gasteiger partial charge in [-0.2, -0.15) is 0 Å². The van der Waals surface area contributed by atoms with Crippen molar-refractivity contribution in [2.45, 2.75) is 13.5 Å². The maximum Gasteiger partial charge on any atom is 0.160 e. The van der Waals surface area contributed by atoms with Crippen LogP contribution in [-0.4, -0.2) is 0 Å². The Morgan fingerprint density at radius 3 is 2.56 bits per heavy atom. The van der Waals surface area contributed by atoms with Gasteiger partial charge in [0, 0.05) is 5.56 Å². The summed E-state index contributed by atoms with van der Waals surface area (Å²) < 4.78 is 0. The van der Waals surface area contributed by atoms with E-state index in [0.717, 1.165) is 18.0 Å². The number of aryl methyl sites for hydroxylation is 1. The van der Waals surface area contributed by atoms with E-state index in [1.807, 2.05) is 35.4 Å². The average molecular weight is 211 g/mol. The molecule has 1 aliphatic rings. The van der Waals surface area contributed by atoms with Crippen LogP contribution in [0.15, 0.2) is 48.5 Å². The number of para-hydroxylation sites is 2. The first-order valence-electron chi connectivity index (χ1n) is 5.43. The van der Waals surface area contributed by atoms with Crippen molar-refractivity contribution in [1.29, 1.82) is 0 Å². The van der Waals surface area contributed by atoms with Gasteiger partial charge in [-0.25, -0.2) is 5.06 Å². The highest BCUT2D eigenvalue weighted by atomic mass is 16.7. The molecule has 0 aliphatic carbocycles. The van der Waals surface area contributed by atoms with Crippen LogP contribution in [0.1, 0.15) is 11.1 Å². The molecule has 0 saturated carbocycles. The van der Waals surface area contributed by atoms with Crippen LogP contribution in [-0.2, 0) is 6.54 Å². The number of anilines is 1. The molecule has 2 nitrogen and oxygen atoms in total. The lowest BCUT2D eigenvalue weighted by atomic mass is 10.2. The average Bonchev–Trinajstić information content (AvgIpc) is 2.73. The highest BCUT2D eigenvalue weighted by Gasteiger charge is 2.21. The molecule has 1 aliphatic heterocycles. The molecule has 3 rings (SSSR count). The topological polar surface area (TPSA) is 12.5 Å². The lowest BCUT2D eigenvalue weighted by Gasteiger charge is -2.18. The maximum atomic E-state index is 5.81. The van der Waals surface area contributed by atoms with E-state index in [1.165, 1.54) is 11.1 Å². The summed E-state index contributed by atoms with van der Waals surface area (Å²) in [5.41, 5.74) is 3.61. The number of fused-ring (bicyclic) bond motifs is 1. The number of nitrogens with zero attached hydrogens (tertiary/aromatic N) is 1. The minimum atomic E-state index is 0.820. The summed E-state index contributed by atoms with van der Waals surface area (Å²) in [6, 6.07) is 16.4. The molecule has 0 fully saturated rings. The van der Waals surface area contributed by atoms with Crippen molar-refractivity contribution in [2.75, 3.05) is 5.06 Å². The number of hydroxylamine groups is 1. The molecule has 2 aromatic carbocycles. The Kier molecular flexibility index (Phi) is 2.07. The van der Waals surface area contributed by atoms with Crippen molar-refractivity contribution in [3.8, 4) is 5.75 Å². The molecular formula is C14H13NO. The van der Waals surface area contributed by atoms with Crippen LogP contribution < -0.4 is 9.90 Å². The molecule has 2 heteroatoms. The van der Waals surface area contributed by atoms with Gasteiger partial charge in [-0.05, 0) is 24.6 Å². The molecule has 0 saturated heterocycles. The standard InChI is InChI=1S/C14H13NO/c1-11-6-2-4-8-13(11)15-10-12-7-3-5-9-14(12)16-15/h2-9H,10H2,1H3. The lowest BCUT2D eigenvalue weighted by Crippen LogP contribution is -2.20. The summed E-state index contributed by atoms with van der Waals surface area (Å²) in [6.45, 7) is 2.92. The van der Waals surface area contributed by atoms with Gasteiger partial charge in [-0.15, -0.1) is 0 Å². The predicted octanol–water partition coefficient (Wildman–Crippen LogP) is 3.31. The quantitative estimate of drug-likeness (QED) is 0.717. The van der Waals surface area contributed by atoms with Crippen molar-refractivity contribution in [1.82, 2.24) is 0 Å². The van der Waals surface area contributed by atoms with Gasteiger partial charge in [0.25, 0.3) is 0 Å². The molecule has 2 aromatic rings. The Bertz CT molecular complexity index is 497. The summed E-state index contributed by atoms with van der Waals surface area (Å²) in [5.74, 6) is 0.964. The number of benzene rings is 2. The minimum absolute atomic E-state index is 0.820. The molecule has 0 spiro atoms. The summed E-state index contributed by atoms with van der Waals surface area (Å²) >= 11 is 0. The van der Waals surface area contributed by atoms with E-state index in [1.54, 1.807) is 0 Å². The first-order chi connectivity index (χ1) is 7.84. The molecular weight excluding hydrogens is 198 g/mol. The van der Waals surface area contributed by atoms with Crippen LogP contribution >= 0.6 is 0 Å². The molecule has 0 amide bonds. The molecule has 0 radical (unpaired) electrons. The summed E-state index contributed by atoms with van der Waals surface area (Å²) in [7, 11) is 0. The Hall–Kier alpha value is -1.96. The van der Waals surface area contributed by atoms with Gasteiger partial charge in [-0.1, -0.05) is 36.4 Å². The molecule has 0 bridgehead atoms. The second-order valence-corrected chi connectivity index (χ2v) is 4.02.